The number of amides is 3. The summed E-state index contributed by atoms with van der Waals surface area (Å²) >= 11 is 0. The van der Waals surface area contributed by atoms with E-state index in [2.05, 4.69) is 15.5 Å². The third-order valence-corrected chi connectivity index (χ3v) is 5.88. The number of nitrogens with zero attached hydrogens (tertiary/aromatic N) is 3. The zero-order valence-electron chi connectivity index (χ0n) is 17.2. The van der Waals surface area contributed by atoms with Gasteiger partial charge in [-0.1, -0.05) is 19.8 Å². The highest BCUT2D eigenvalue weighted by molar-refractivity contribution is 6.08. The monoisotopic (exact) mass is 416 g/mol. The Bertz CT molecular complexity index is 995. The van der Waals surface area contributed by atoms with Crippen LogP contribution in [0.1, 0.15) is 50.0 Å². The minimum absolute atomic E-state index is 0.0237. The molecule has 1 N–H and O–H groups in total. The SMILES string of the molecule is Cc1cc(-c2nnc(COC(=O)CN3C(=O)N[C@]4(CCCC[C@H]4C)C3=O)o2)c(C)o1. The first-order valence-corrected chi connectivity index (χ1v) is 9.99. The molecule has 2 aromatic heterocycles. The van der Waals surface area contributed by atoms with Crippen LogP contribution in [-0.2, 0) is 20.9 Å². The molecule has 10 heteroatoms. The fraction of sp³-hybridized carbons (Fsp3) is 0.550. The van der Waals surface area contributed by atoms with Gasteiger partial charge in [-0.15, -0.1) is 10.2 Å². The summed E-state index contributed by atoms with van der Waals surface area (Å²) in [6.07, 6.45) is 3.34. The molecule has 2 aliphatic rings. The third-order valence-electron chi connectivity index (χ3n) is 5.88. The summed E-state index contributed by atoms with van der Waals surface area (Å²) in [6.45, 7) is 4.83. The van der Waals surface area contributed by atoms with Crippen molar-refractivity contribution in [3.63, 3.8) is 0 Å². The predicted molar refractivity (Wildman–Crippen MR) is 102 cm³/mol. The summed E-state index contributed by atoms with van der Waals surface area (Å²) in [6, 6.07) is 1.22. The van der Waals surface area contributed by atoms with Crippen molar-refractivity contribution in [3.8, 4) is 11.5 Å². The molecule has 1 spiro atoms. The van der Waals surface area contributed by atoms with E-state index in [9.17, 15) is 14.4 Å². The maximum atomic E-state index is 12.9. The number of imide groups is 1. The second kappa shape index (κ2) is 7.58. The van der Waals surface area contributed by atoms with Crippen LogP contribution in [0.4, 0.5) is 4.79 Å². The van der Waals surface area contributed by atoms with Crippen molar-refractivity contribution < 1.29 is 28.0 Å². The molecule has 1 aliphatic carbocycles. The lowest BCUT2D eigenvalue weighted by Gasteiger charge is -2.36. The highest BCUT2D eigenvalue weighted by Gasteiger charge is 2.55. The van der Waals surface area contributed by atoms with Crippen molar-refractivity contribution in [1.29, 1.82) is 0 Å². The van der Waals surface area contributed by atoms with Crippen LogP contribution in [-0.4, -0.2) is 45.1 Å². The van der Waals surface area contributed by atoms with E-state index in [1.165, 1.54) is 0 Å². The lowest BCUT2D eigenvalue weighted by molar-refractivity contribution is -0.150. The van der Waals surface area contributed by atoms with Gasteiger partial charge in [0, 0.05) is 0 Å². The number of nitrogens with one attached hydrogen (secondary N) is 1. The molecule has 1 saturated heterocycles. The molecular weight excluding hydrogens is 392 g/mol. The molecule has 2 fully saturated rings. The molecule has 4 rings (SSSR count). The van der Waals surface area contributed by atoms with Gasteiger partial charge in [-0.3, -0.25) is 14.5 Å². The quantitative estimate of drug-likeness (QED) is 0.582. The topological polar surface area (TPSA) is 128 Å². The van der Waals surface area contributed by atoms with Gasteiger partial charge >= 0.3 is 12.0 Å². The van der Waals surface area contributed by atoms with Gasteiger partial charge in [0.2, 0.25) is 0 Å². The minimum Gasteiger partial charge on any atom is -0.466 e. The second-order valence-corrected chi connectivity index (χ2v) is 7.93. The number of esters is 1. The highest BCUT2D eigenvalue weighted by atomic mass is 16.5. The van der Waals surface area contributed by atoms with Gasteiger partial charge in [-0.2, -0.15) is 0 Å². The van der Waals surface area contributed by atoms with E-state index in [1.54, 1.807) is 13.0 Å². The van der Waals surface area contributed by atoms with Gasteiger partial charge in [0.15, 0.2) is 6.61 Å². The maximum Gasteiger partial charge on any atom is 0.326 e. The number of ether oxygens (including phenoxy) is 1. The van der Waals surface area contributed by atoms with Crippen molar-refractivity contribution in [2.75, 3.05) is 6.54 Å². The summed E-state index contributed by atoms with van der Waals surface area (Å²) in [7, 11) is 0. The van der Waals surface area contributed by atoms with Gasteiger partial charge in [-0.05, 0) is 38.7 Å². The molecule has 30 heavy (non-hydrogen) atoms. The van der Waals surface area contributed by atoms with Crippen LogP contribution >= 0.6 is 0 Å². The van der Waals surface area contributed by atoms with E-state index in [4.69, 9.17) is 13.6 Å². The second-order valence-electron chi connectivity index (χ2n) is 7.93. The van der Waals surface area contributed by atoms with E-state index in [-0.39, 0.29) is 30.2 Å². The highest BCUT2D eigenvalue weighted by Crippen LogP contribution is 2.38. The Morgan fingerprint density at radius 1 is 1.30 bits per heavy atom. The van der Waals surface area contributed by atoms with Gasteiger partial charge in [0.25, 0.3) is 17.7 Å². The lowest BCUT2D eigenvalue weighted by Crippen LogP contribution is -2.54. The zero-order chi connectivity index (χ0) is 21.5. The molecule has 0 bridgehead atoms. The Morgan fingerprint density at radius 2 is 2.10 bits per heavy atom. The van der Waals surface area contributed by atoms with Gasteiger partial charge in [-0.25, -0.2) is 4.79 Å². The standard InChI is InChI=1S/C20H24N4O6/c1-11-6-4-5-7-20(11)18(26)24(19(27)21-20)9-16(25)28-10-15-22-23-17(30-15)14-8-12(2)29-13(14)3/h8,11H,4-7,9-10H2,1-3H3,(H,21,27)/t11-,20+/m1/s1. The summed E-state index contributed by atoms with van der Waals surface area (Å²) in [5.41, 5.74) is -0.235. The van der Waals surface area contributed by atoms with E-state index >= 15 is 0 Å². The van der Waals surface area contributed by atoms with Gasteiger partial charge in [0.05, 0.1) is 5.56 Å². The van der Waals surface area contributed by atoms with Crippen molar-refractivity contribution in [2.24, 2.45) is 5.92 Å². The molecule has 0 aromatic carbocycles. The molecule has 160 valence electrons. The average Bonchev–Trinajstić information content (AvgIpc) is 3.36. The average molecular weight is 416 g/mol. The molecule has 3 heterocycles. The van der Waals surface area contributed by atoms with Crippen molar-refractivity contribution >= 4 is 17.9 Å². The summed E-state index contributed by atoms with van der Waals surface area (Å²) in [4.78, 5) is 38.4. The van der Waals surface area contributed by atoms with Gasteiger partial charge in [0.1, 0.15) is 23.6 Å². The van der Waals surface area contributed by atoms with Crippen LogP contribution in [0.2, 0.25) is 0 Å². The fourth-order valence-electron chi connectivity index (χ4n) is 4.22. The molecule has 0 unspecified atom stereocenters. The summed E-state index contributed by atoms with van der Waals surface area (Å²) < 4.78 is 16.1. The molecule has 0 radical (unpaired) electrons. The molecule has 1 aliphatic heterocycles. The van der Waals surface area contributed by atoms with E-state index in [1.807, 2.05) is 13.8 Å². The van der Waals surface area contributed by atoms with Crippen LogP contribution in [0.3, 0.4) is 0 Å². The van der Waals surface area contributed by atoms with Gasteiger partial charge < -0.3 is 18.9 Å². The van der Waals surface area contributed by atoms with E-state index in [0.29, 0.717) is 23.5 Å². The van der Waals surface area contributed by atoms with Crippen molar-refractivity contribution in [2.45, 2.75) is 58.6 Å². The number of rotatable bonds is 5. The van der Waals surface area contributed by atoms with Crippen LogP contribution in [0.5, 0.6) is 0 Å². The molecule has 2 aromatic rings. The number of carbonyl (C=O) groups excluding carboxylic acids is 3. The Balaban J connectivity index is 1.36. The van der Waals surface area contributed by atoms with Crippen molar-refractivity contribution in [1.82, 2.24) is 20.4 Å². The molecule has 2 atom stereocenters. The number of aromatic nitrogens is 2. The summed E-state index contributed by atoms with van der Waals surface area (Å²) in [5.74, 6) is 0.660. The fourth-order valence-corrected chi connectivity index (χ4v) is 4.22. The molecular formula is C20H24N4O6. The Kier molecular flexibility index (Phi) is 5.08. The van der Waals surface area contributed by atoms with Crippen LogP contribution < -0.4 is 5.32 Å². The first-order valence-electron chi connectivity index (χ1n) is 9.99. The van der Waals surface area contributed by atoms with Crippen molar-refractivity contribution in [3.05, 3.63) is 23.5 Å². The van der Waals surface area contributed by atoms with E-state index in [0.717, 1.165) is 24.2 Å². The number of carbonyl (C=O) groups is 3. The minimum atomic E-state index is -0.905. The first kappa shape index (κ1) is 20.1. The Hall–Kier alpha value is -3.17. The Labute approximate surface area is 172 Å². The maximum absolute atomic E-state index is 12.9. The first-order chi connectivity index (χ1) is 14.3. The number of furan rings is 1. The molecule has 1 saturated carbocycles. The number of hydrogen-bond acceptors (Lipinski definition) is 8. The summed E-state index contributed by atoms with van der Waals surface area (Å²) in [5, 5.41) is 10.6. The number of aryl methyl sites for hydroxylation is 2. The molecule has 10 nitrogen and oxygen atoms in total. The largest absolute Gasteiger partial charge is 0.466 e. The zero-order valence-corrected chi connectivity index (χ0v) is 17.2. The Morgan fingerprint density at radius 3 is 2.80 bits per heavy atom. The van der Waals surface area contributed by atoms with Crippen LogP contribution in [0.15, 0.2) is 14.9 Å². The molecule has 3 amide bonds. The van der Waals surface area contributed by atoms with Crippen LogP contribution in [0.25, 0.3) is 11.5 Å². The third kappa shape index (κ3) is 3.46. The van der Waals surface area contributed by atoms with E-state index < -0.39 is 24.1 Å². The lowest BCUT2D eigenvalue weighted by atomic mass is 9.73. The number of urea groups is 1. The predicted octanol–water partition coefficient (Wildman–Crippen LogP) is 2.49. The van der Waals surface area contributed by atoms with Crippen LogP contribution in [0, 0.1) is 19.8 Å². The normalized spacial score (nSPS) is 23.8. The smallest absolute Gasteiger partial charge is 0.326 e. The number of hydrogen-bond donors (Lipinski definition) is 1.